The first-order chi connectivity index (χ1) is 12.3. The molecule has 0 saturated carbocycles. The van der Waals surface area contributed by atoms with E-state index in [1.54, 1.807) is 20.8 Å². The van der Waals surface area contributed by atoms with Gasteiger partial charge in [0, 0.05) is 19.4 Å². The van der Waals surface area contributed by atoms with Crippen LogP contribution in [0.25, 0.3) is 11.0 Å². The molecule has 0 unspecified atom stereocenters. The van der Waals surface area contributed by atoms with E-state index in [2.05, 4.69) is 21.8 Å². The van der Waals surface area contributed by atoms with Crippen LogP contribution in [0.15, 0.2) is 12.5 Å². The highest BCUT2D eigenvalue weighted by atomic mass is 16.7. The fourth-order valence-electron chi connectivity index (χ4n) is 2.20. The SMILES string of the molecule is CCOC(C#Cc1cn(C(=O)OC(C)(C)C)c2ncnc(N)c12)OCC. The zero-order chi connectivity index (χ0) is 19.3. The Hall–Kier alpha value is -2.63. The number of nitrogens with two attached hydrogens (primary N) is 1. The number of carbonyl (C=O) groups excluding carboxylic acids is 1. The number of anilines is 1. The van der Waals surface area contributed by atoms with Gasteiger partial charge in [-0.1, -0.05) is 5.92 Å². The number of nitrogen functional groups attached to an aromatic ring is 1. The topological polar surface area (TPSA) is 101 Å². The van der Waals surface area contributed by atoms with E-state index in [1.807, 2.05) is 13.8 Å². The molecular formula is C18H24N4O4. The van der Waals surface area contributed by atoms with Crippen molar-refractivity contribution in [3.8, 4) is 11.8 Å². The third-order valence-electron chi connectivity index (χ3n) is 3.16. The number of nitrogens with zero attached hydrogens (tertiary/aromatic N) is 3. The second-order valence-corrected chi connectivity index (χ2v) is 6.36. The summed E-state index contributed by atoms with van der Waals surface area (Å²) in [4.78, 5) is 20.6. The van der Waals surface area contributed by atoms with Gasteiger partial charge in [0.1, 0.15) is 17.7 Å². The number of hydrogen-bond donors (Lipinski definition) is 1. The molecule has 0 spiro atoms. The molecule has 0 bridgehead atoms. The summed E-state index contributed by atoms with van der Waals surface area (Å²) in [6.45, 7) is 10.00. The first kappa shape index (κ1) is 19.7. The first-order valence-electron chi connectivity index (χ1n) is 8.36. The first-order valence-corrected chi connectivity index (χ1v) is 8.36. The van der Waals surface area contributed by atoms with Crippen molar-refractivity contribution in [1.29, 1.82) is 0 Å². The Morgan fingerprint density at radius 1 is 1.27 bits per heavy atom. The molecule has 2 heterocycles. The standard InChI is InChI=1S/C18H24N4O4/c1-6-24-13(25-7-2)9-8-12-10-22(17(23)26-18(3,4)5)16-14(12)15(19)20-11-21-16/h10-11,13H,6-7H2,1-5H3,(H2,19,20,21). The average Bonchev–Trinajstić information content (AvgIpc) is 2.92. The number of carbonyl (C=O) groups is 1. The molecule has 0 saturated heterocycles. The molecule has 0 aliphatic heterocycles. The second kappa shape index (κ2) is 8.17. The molecular weight excluding hydrogens is 336 g/mol. The summed E-state index contributed by atoms with van der Waals surface area (Å²) in [7, 11) is 0. The van der Waals surface area contributed by atoms with Gasteiger partial charge in [-0.3, -0.25) is 0 Å². The molecule has 0 aromatic carbocycles. The van der Waals surface area contributed by atoms with Crippen LogP contribution in [0.5, 0.6) is 0 Å². The number of rotatable bonds is 4. The van der Waals surface area contributed by atoms with Crippen molar-refractivity contribution in [2.75, 3.05) is 18.9 Å². The largest absolute Gasteiger partial charge is 0.443 e. The summed E-state index contributed by atoms with van der Waals surface area (Å²) < 4.78 is 17.5. The number of aromatic nitrogens is 3. The molecule has 26 heavy (non-hydrogen) atoms. The van der Waals surface area contributed by atoms with E-state index in [-0.39, 0.29) is 5.82 Å². The third kappa shape index (κ3) is 4.71. The van der Waals surface area contributed by atoms with E-state index < -0.39 is 18.0 Å². The minimum absolute atomic E-state index is 0.228. The van der Waals surface area contributed by atoms with Gasteiger partial charge < -0.3 is 19.9 Å². The molecule has 140 valence electrons. The number of fused-ring (bicyclic) bond motifs is 1. The molecule has 0 fully saturated rings. The molecule has 0 amide bonds. The Morgan fingerprint density at radius 2 is 1.92 bits per heavy atom. The molecule has 2 N–H and O–H groups in total. The molecule has 2 aromatic heterocycles. The van der Waals surface area contributed by atoms with E-state index in [9.17, 15) is 4.79 Å². The quantitative estimate of drug-likeness (QED) is 0.660. The van der Waals surface area contributed by atoms with Crippen LogP contribution in [0.2, 0.25) is 0 Å². The lowest BCUT2D eigenvalue weighted by atomic mass is 10.2. The fraction of sp³-hybridized carbons (Fsp3) is 0.500. The maximum atomic E-state index is 12.5. The Balaban J connectivity index is 2.49. The van der Waals surface area contributed by atoms with Gasteiger partial charge in [0.25, 0.3) is 0 Å². The Bertz CT molecular complexity index is 836. The molecule has 0 aliphatic carbocycles. The fourth-order valence-corrected chi connectivity index (χ4v) is 2.20. The Labute approximate surface area is 152 Å². The molecule has 0 atom stereocenters. The Kier molecular flexibility index (Phi) is 6.18. The zero-order valence-corrected chi connectivity index (χ0v) is 15.7. The zero-order valence-electron chi connectivity index (χ0n) is 15.7. The summed E-state index contributed by atoms with van der Waals surface area (Å²) in [5.74, 6) is 6.06. The van der Waals surface area contributed by atoms with Crippen LogP contribution in [0, 0.1) is 11.8 Å². The summed E-state index contributed by atoms with van der Waals surface area (Å²) in [6.07, 6.45) is 1.58. The van der Waals surface area contributed by atoms with Crippen molar-refractivity contribution in [2.45, 2.75) is 46.5 Å². The minimum atomic E-state index is -0.671. The maximum absolute atomic E-state index is 12.5. The van der Waals surface area contributed by atoms with Gasteiger partial charge >= 0.3 is 6.09 Å². The van der Waals surface area contributed by atoms with Gasteiger partial charge in [-0.25, -0.2) is 19.3 Å². The lowest BCUT2D eigenvalue weighted by molar-refractivity contribution is -0.0969. The van der Waals surface area contributed by atoms with Crippen molar-refractivity contribution in [1.82, 2.24) is 14.5 Å². The summed E-state index contributed by atoms with van der Waals surface area (Å²) in [6, 6.07) is 0. The normalized spacial score (nSPS) is 11.5. The van der Waals surface area contributed by atoms with Crippen molar-refractivity contribution in [3.63, 3.8) is 0 Å². The van der Waals surface area contributed by atoms with Crippen molar-refractivity contribution in [3.05, 3.63) is 18.1 Å². The molecule has 2 rings (SSSR count). The van der Waals surface area contributed by atoms with Gasteiger partial charge in [-0.2, -0.15) is 0 Å². The van der Waals surface area contributed by atoms with E-state index in [4.69, 9.17) is 19.9 Å². The van der Waals surface area contributed by atoms with Crippen molar-refractivity contribution < 1.29 is 19.0 Å². The molecule has 8 heteroatoms. The smallest absolute Gasteiger partial charge is 0.420 e. The Morgan fingerprint density at radius 3 is 2.50 bits per heavy atom. The highest BCUT2D eigenvalue weighted by molar-refractivity contribution is 5.97. The predicted octanol–water partition coefficient (Wildman–Crippen LogP) is 2.55. The highest BCUT2D eigenvalue weighted by Crippen LogP contribution is 2.24. The number of hydrogen-bond acceptors (Lipinski definition) is 7. The van der Waals surface area contributed by atoms with Gasteiger partial charge in [-0.15, -0.1) is 0 Å². The predicted molar refractivity (Wildman–Crippen MR) is 97.5 cm³/mol. The molecule has 0 radical (unpaired) electrons. The van der Waals surface area contributed by atoms with Crippen LogP contribution in [0.3, 0.4) is 0 Å². The monoisotopic (exact) mass is 360 g/mol. The van der Waals surface area contributed by atoms with E-state index >= 15 is 0 Å². The van der Waals surface area contributed by atoms with E-state index in [0.29, 0.717) is 29.8 Å². The summed E-state index contributed by atoms with van der Waals surface area (Å²) >= 11 is 0. The minimum Gasteiger partial charge on any atom is -0.443 e. The van der Waals surface area contributed by atoms with Crippen molar-refractivity contribution >= 4 is 22.9 Å². The molecule has 0 aliphatic rings. The van der Waals surface area contributed by atoms with Crippen LogP contribution >= 0.6 is 0 Å². The van der Waals surface area contributed by atoms with E-state index in [0.717, 1.165) is 0 Å². The lowest BCUT2D eigenvalue weighted by Gasteiger charge is -2.19. The second-order valence-electron chi connectivity index (χ2n) is 6.36. The summed E-state index contributed by atoms with van der Waals surface area (Å²) in [5, 5.41) is 0.484. The summed E-state index contributed by atoms with van der Waals surface area (Å²) in [5.41, 5.74) is 6.16. The third-order valence-corrected chi connectivity index (χ3v) is 3.16. The highest BCUT2D eigenvalue weighted by Gasteiger charge is 2.22. The van der Waals surface area contributed by atoms with Gasteiger partial charge in [0.15, 0.2) is 5.65 Å². The van der Waals surface area contributed by atoms with Crippen LogP contribution in [0.1, 0.15) is 40.2 Å². The van der Waals surface area contributed by atoms with Gasteiger partial charge in [0.05, 0.1) is 10.9 Å². The maximum Gasteiger partial charge on any atom is 0.420 e. The molecule has 8 nitrogen and oxygen atoms in total. The van der Waals surface area contributed by atoms with E-state index in [1.165, 1.54) is 17.1 Å². The lowest BCUT2D eigenvalue weighted by Crippen LogP contribution is -2.26. The van der Waals surface area contributed by atoms with Crippen molar-refractivity contribution in [2.24, 2.45) is 0 Å². The van der Waals surface area contributed by atoms with Gasteiger partial charge in [0.2, 0.25) is 6.29 Å². The van der Waals surface area contributed by atoms with Crippen LogP contribution in [-0.4, -0.2) is 45.7 Å². The average molecular weight is 360 g/mol. The molecule has 2 aromatic rings. The van der Waals surface area contributed by atoms with Crippen LogP contribution < -0.4 is 5.73 Å². The van der Waals surface area contributed by atoms with Crippen LogP contribution in [0.4, 0.5) is 10.6 Å². The van der Waals surface area contributed by atoms with Crippen LogP contribution in [-0.2, 0) is 14.2 Å². The van der Waals surface area contributed by atoms with Gasteiger partial charge in [-0.05, 0) is 40.5 Å². The number of ether oxygens (including phenoxy) is 3.